The lowest BCUT2D eigenvalue weighted by Crippen LogP contribution is -2.28. The molecule has 0 radical (unpaired) electrons. The smallest absolute Gasteiger partial charge is 0.263 e. The van der Waals surface area contributed by atoms with Crippen LogP contribution in [0, 0.1) is 11.8 Å². The normalized spacial score (nSPS) is 13.1. The molecule has 5 nitrogen and oxygen atoms in total. The van der Waals surface area contributed by atoms with Crippen molar-refractivity contribution in [1.82, 2.24) is 9.88 Å². The number of aliphatic hydroxyl groups excluding tert-OH is 1. The molecule has 0 saturated heterocycles. The van der Waals surface area contributed by atoms with Crippen molar-refractivity contribution < 1.29 is 14.7 Å². The van der Waals surface area contributed by atoms with Gasteiger partial charge in [-0.1, -0.05) is 11.8 Å². The van der Waals surface area contributed by atoms with E-state index in [2.05, 4.69) is 16.8 Å². The van der Waals surface area contributed by atoms with Crippen LogP contribution in [0.5, 0.6) is 0 Å². The van der Waals surface area contributed by atoms with Crippen LogP contribution in [0.1, 0.15) is 30.5 Å². The van der Waals surface area contributed by atoms with E-state index in [4.69, 9.17) is 5.11 Å². The van der Waals surface area contributed by atoms with Gasteiger partial charge in [-0.25, -0.2) is 0 Å². The Morgan fingerprint density at radius 1 is 1.19 bits per heavy atom. The van der Waals surface area contributed by atoms with Gasteiger partial charge < -0.3 is 5.11 Å². The highest BCUT2D eigenvalue weighted by atomic mass is 32.1. The second-order valence-corrected chi connectivity index (χ2v) is 5.51. The first kappa shape index (κ1) is 13.5. The summed E-state index contributed by atoms with van der Waals surface area (Å²) in [7, 11) is 0. The summed E-state index contributed by atoms with van der Waals surface area (Å²) in [6, 6.07) is 5.19. The number of rotatable bonds is 2. The average Bonchev–Trinajstić information content (AvgIpc) is 3.05. The van der Waals surface area contributed by atoms with Crippen LogP contribution in [-0.2, 0) is 6.54 Å². The zero-order valence-corrected chi connectivity index (χ0v) is 11.7. The Balaban J connectivity index is 1.82. The molecule has 21 heavy (non-hydrogen) atoms. The highest BCUT2D eigenvalue weighted by molar-refractivity contribution is 7.12. The maximum Gasteiger partial charge on any atom is 0.263 e. The number of nitrogens with zero attached hydrogens (tertiary/aromatic N) is 2. The Morgan fingerprint density at radius 2 is 2.00 bits per heavy atom. The number of pyridine rings is 1. The number of carbonyl (C=O) groups excluding carboxylic acids is 2. The summed E-state index contributed by atoms with van der Waals surface area (Å²) in [5.74, 6) is 4.75. The van der Waals surface area contributed by atoms with Crippen molar-refractivity contribution >= 4 is 23.2 Å². The van der Waals surface area contributed by atoms with E-state index in [1.165, 1.54) is 28.6 Å². The third-order valence-corrected chi connectivity index (χ3v) is 4.02. The maximum absolute atomic E-state index is 12.2. The monoisotopic (exact) mass is 298 g/mol. The lowest BCUT2D eigenvalue weighted by Gasteiger charge is -2.11. The SMILES string of the molecule is O=C1c2ccncc2C(=O)N1Cc1ccc(C#CCO)s1. The molecule has 0 spiro atoms. The summed E-state index contributed by atoms with van der Waals surface area (Å²) < 4.78 is 0. The number of fused-ring (bicyclic) bond motifs is 1. The van der Waals surface area contributed by atoms with Crippen LogP contribution in [0.25, 0.3) is 0 Å². The number of hydrogen-bond acceptors (Lipinski definition) is 5. The molecule has 2 aromatic rings. The lowest BCUT2D eigenvalue weighted by atomic mass is 10.2. The molecule has 0 saturated carbocycles. The topological polar surface area (TPSA) is 70.5 Å². The lowest BCUT2D eigenvalue weighted by molar-refractivity contribution is 0.0644. The molecule has 1 aliphatic heterocycles. The fourth-order valence-corrected chi connectivity index (χ4v) is 2.96. The second kappa shape index (κ2) is 5.48. The molecule has 1 aliphatic rings. The van der Waals surface area contributed by atoms with Crippen LogP contribution >= 0.6 is 11.3 Å². The molecule has 2 aromatic heterocycles. The molecular formula is C15H10N2O3S. The minimum absolute atomic E-state index is 0.196. The van der Waals surface area contributed by atoms with E-state index in [1.54, 1.807) is 6.07 Å². The van der Waals surface area contributed by atoms with Crippen LogP contribution in [0.2, 0.25) is 0 Å². The van der Waals surface area contributed by atoms with Gasteiger partial charge in [0.1, 0.15) is 6.61 Å². The van der Waals surface area contributed by atoms with Crippen LogP contribution in [0.3, 0.4) is 0 Å². The number of aromatic nitrogens is 1. The minimum atomic E-state index is -0.320. The van der Waals surface area contributed by atoms with Crippen LogP contribution in [0.15, 0.2) is 30.6 Å². The Bertz CT molecular complexity index is 750. The third-order valence-electron chi connectivity index (χ3n) is 3.04. The molecule has 0 atom stereocenters. The fraction of sp³-hybridized carbons (Fsp3) is 0.133. The highest BCUT2D eigenvalue weighted by Crippen LogP contribution is 2.25. The van der Waals surface area contributed by atoms with Gasteiger partial charge in [-0.05, 0) is 18.2 Å². The number of imide groups is 1. The summed E-state index contributed by atoms with van der Waals surface area (Å²) in [4.78, 5) is 31.2. The van der Waals surface area contributed by atoms with E-state index in [0.717, 1.165) is 9.75 Å². The van der Waals surface area contributed by atoms with Gasteiger partial charge in [0.05, 0.1) is 22.5 Å². The standard InChI is InChI=1S/C15H10N2O3S/c18-7-1-2-10-3-4-11(21-10)9-17-14(19)12-5-6-16-8-13(12)15(17)20/h3-6,8,18H,7,9H2. The summed E-state index contributed by atoms with van der Waals surface area (Å²) in [6.07, 6.45) is 2.92. The van der Waals surface area contributed by atoms with Crippen molar-refractivity contribution in [2.45, 2.75) is 6.54 Å². The van der Waals surface area contributed by atoms with E-state index >= 15 is 0 Å². The summed E-state index contributed by atoms with van der Waals surface area (Å²) in [5, 5.41) is 8.66. The van der Waals surface area contributed by atoms with Crippen molar-refractivity contribution in [1.29, 1.82) is 0 Å². The van der Waals surface area contributed by atoms with E-state index in [0.29, 0.717) is 11.1 Å². The van der Waals surface area contributed by atoms with Crippen LogP contribution in [0.4, 0.5) is 0 Å². The molecule has 0 aromatic carbocycles. The van der Waals surface area contributed by atoms with Gasteiger partial charge in [-0.15, -0.1) is 11.3 Å². The van der Waals surface area contributed by atoms with Crippen LogP contribution < -0.4 is 0 Å². The second-order valence-electron chi connectivity index (χ2n) is 4.34. The Kier molecular flexibility index (Phi) is 3.52. The minimum Gasteiger partial charge on any atom is -0.384 e. The zero-order chi connectivity index (χ0) is 14.8. The molecule has 3 heterocycles. The van der Waals surface area contributed by atoms with Crippen LogP contribution in [-0.4, -0.2) is 33.4 Å². The van der Waals surface area contributed by atoms with Crippen molar-refractivity contribution in [2.24, 2.45) is 0 Å². The fourth-order valence-electron chi connectivity index (χ4n) is 2.09. The first-order chi connectivity index (χ1) is 10.2. The predicted octanol–water partition coefficient (Wildman–Crippen LogP) is 1.28. The largest absolute Gasteiger partial charge is 0.384 e. The summed E-state index contributed by atoms with van der Waals surface area (Å²) in [5.41, 5.74) is 0.742. The molecule has 0 bridgehead atoms. The summed E-state index contributed by atoms with van der Waals surface area (Å²) >= 11 is 1.40. The van der Waals surface area contributed by atoms with Gasteiger partial charge in [0.2, 0.25) is 0 Å². The van der Waals surface area contributed by atoms with Crippen molar-refractivity contribution in [2.75, 3.05) is 6.61 Å². The van der Waals surface area contributed by atoms with Gasteiger partial charge in [0.25, 0.3) is 11.8 Å². The number of thiophene rings is 1. The van der Waals surface area contributed by atoms with E-state index in [1.807, 2.05) is 12.1 Å². The molecule has 2 amide bonds. The number of amides is 2. The molecule has 0 aliphatic carbocycles. The highest BCUT2D eigenvalue weighted by Gasteiger charge is 2.35. The van der Waals surface area contributed by atoms with Crippen molar-refractivity contribution in [3.05, 3.63) is 51.5 Å². The molecule has 6 heteroatoms. The zero-order valence-electron chi connectivity index (χ0n) is 10.9. The van der Waals surface area contributed by atoms with E-state index < -0.39 is 0 Å². The number of carbonyl (C=O) groups is 2. The molecule has 104 valence electrons. The van der Waals surface area contributed by atoms with Crippen molar-refractivity contribution in [3.63, 3.8) is 0 Å². The quantitative estimate of drug-likeness (QED) is 0.670. The molecule has 3 rings (SSSR count). The third kappa shape index (κ3) is 2.44. The van der Waals surface area contributed by atoms with Gasteiger partial charge in [-0.3, -0.25) is 19.5 Å². The first-order valence-electron chi connectivity index (χ1n) is 6.19. The van der Waals surface area contributed by atoms with E-state index in [-0.39, 0.29) is 25.0 Å². The average molecular weight is 298 g/mol. The molecule has 0 unspecified atom stereocenters. The first-order valence-corrected chi connectivity index (χ1v) is 7.01. The molecule has 0 fully saturated rings. The maximum atomic E-state index is 12.2. The van der Waals surface area contributed by atoms with Crippen molar-refractivity contribution in [3.8, 4) is 11.8 Å². The Labute approximate surface area is 124 Å². The summed E-state index contributed by atoms with van der Waals surface area (Å²) in [6.45, 7) is 0.0243. The van der Waals surface area contributed by atoms with Gasteiger partial charge in [0, 0.05) is 17.3 Å². The van der Waals surface area contributed by atoms with Gasteiger partial charge in [-0.2, -0.15) is 0 Å². The number of aliphatic hydroxyl groups is 1. The van der Waals surface area contributed by atoms with Gasteiger partial charge >= 0.3 is 0 Å². The predicted molar refractivity (Wildman–Crippen MR) is 76.7 cm³/mol. The van der Waals surface area contributed by atoms with Gasteiger partial charge in [0.15, 0.2) is 0 Å². The molecule has 1 N–H and O–H groups in total. The number of hydrogen-bond donors (Lipinski definition) is 1. The molecular weight excluding hydrogens is 288 g/mol. The Morgan fingerprint density at radius 3 is 2.76 bits per heavy atom. The van der Waals surface area contributed by atoms with E-state index in [9.17, 15) is 9.59 Å². The Hall–Kier alpha value is -2.49.